The van der Waals surface area contributed by atoms with Crippen LogP contribution in [0.1, 0.15) is 41.9 Å². The first-order valence-electron chi connectivity index (χ1n) is 11.3. The molecule has 174 valence electrons. The molecule has 0 radical (unpaired) electrons. The van der Waals surface area contributed by atoms with E-state index in [1.54, 1.807) is 35.1 Å². The van der Waals surface area contributed by atoms with E-state index in [0.717, 1.165) is 42.6 Å². The van der Waals surface area contributed by atoms with Gasteiger partial charge in [0.2, 0.25) is 0 Å². The number of carbonyl (C=O) groups is 1. The molecule has 9 heteroatoms. The van der Waals surface area contributed by atoms with Gasteiger partial charge in [-0.2, -0.15) is 5.10 Å². The maximum Gasteiger partial charge on any atom is 0.253 e. The fraction of sp³-hybridized carbons (Fsp3) is 0.280. The average Bonchev–Trinajstić information content (AvgIpc) is 3.25. The van der Waals surface area contributed by atoms with E-state index in [1.807, 2.05) is 19.1 Å². The Kier molecular flexibility index (Phi) is 6.15. The number of hydrogen-bond donors (Lipinski definition) is 2. The van der Waals surface area contributed by atoms with Gasteiger partial charge in [-0.15, -0.1) is 0 Å². The van der Waals surface area contributed by atoms with Crippen LogP contribution in [0.5, 0.6) is 0 Å². The number of anilines is 1. The highest BCUT2D eigenvalue weighted by Crippen LogP contribution is 2.27. The smallest absolute Gasteiger partial charge is 0.253 e. The fourth-order valence-electron chi connectivity index (χ4n) is 4.38. The van der Waals surface area contributed by atoms with Gasteiger partial charge >= 0.3 is 0 Å². The summed E-state index contributed by atoms with van der Waals surface area (Å²) in [4.78, 5) is 21.7. The lowest BCUT2D eigenvalue weighted by Gasteiger charge is -2.30. The Balaban J connectivity index is 1.27. The number of nitrogens with zero attached hydrogens (tertiary/aromatic N) is 4. The van der Waals surface area contributed by atoms with Gasteiger partial charge in [-0.25, -0.2) is 19.0 Å². The zero-order valence-electron chi connectivity index (χ0n) is 18.6. The minimum atomic E-state index is -0.299. The van der Waals surface area contributed by atoms with Crippen LogP contribution in [0.3, 0.4) is 0 Å². The Morgan fingerprint density at radius 3 is 2.47 bits per heavy atom. The molecule has 0 atom stereocenters. The van der Waals surface area contributed by atoms with Crippen LogP contribution >= 0.6 is 11.6 Å². The van der Waals surface area contributed by atoms with Crippen LogP contribution in [-0.2, 0) is 0 Å². The van der Waals surface area contributed by atoms with Gasteiger partial charge in [0, 0.05) is 12.1 Å². The second-order valence-corrected chi connectivity index (χ2v) is 8.94. The lowest BCUT2D eigenvalue weighted by atomic mass is 9.91. The van der Waals surface area contributed by atoms with Crippen molar-refractivity contribution in [3.8, 4) is 5.69 Å². The van der Waals surface area contributed by atoms with Gasteiger partial charge in [-0.05, 0) is 69.0 Å². The van der Waals surface area contributed by atoms with Crippen LogP contribution in [0, 0.1) is 12.7 Å². The summed E-state index contributed by atoms with van der Waals surface area (Å²) in [6.07, 6.45) is 5.23. The molecule has 5 rings (SSSR count). The highest BCUT2D eigenvalue weighted by atomic mass is 35.5. The molecule has 7 nitrogen and oxygen atoms in total. The van der Waals surface area contributed by atoms with Crippen LogP contribution in [0.4, 0.5) is 10.2 Å². The van der Waals surface area contributed by atoms with Crippen molar-refractivity contribution in [1.82, 2.24) is 25.1 Å². The molecule has 0 bridgehead atoms. The summed E-state index contributed by atoms with van der Waals surface area (Å²) >= 11 is 6.15. The predicted octanol–water partition coefficient (Wildman–Crippen LogP) is 5.07. The van der Waals surface area contributed by atoms with Gasteiger partial charge < -0.3 is 10.6 Å². The second-order valence-electron chi connectivity index (χ2n) is 8.54. The molecule has 4 aromatic rings. The van der Waals surface area contributed by atoms with Gasteiger partial charge in [0.25, 0.3) is 5.91 Å². The summed E-state index contributed by atoms with van der Waals surface area (Å²) < 4.78 is 15.0. The third-order valence-corrected chi connectivity index (χ3v) is 6.46. The molecule has 34 heavy (non-hydrogen) atoms. The molecule has 1 aliphatic rings. The molecule has 2 heterocycles. The maximum atomic E-state index is 13.3. The van der Waals surface area contributed by atoms with Crippen LogP contribution in [0.25, 0.3) is 16.7 Å². The Morgan fingerprint density at radius 1 is 1.03 bits per heavy atom. The number of amides is 1. The van der Waals surface area contributed by atoms with Crippen molar-refractivity contribution in [3.63, 3.8) is 0 Å². The predicted molar refractivity (Wildman–Crippen MR) is 130 cm³/mol. The summed E-state index contributed by atoms with van der Waals surface area (Å²) in [7, 11) is 0. The molecule has 2 N–H and O–H groups in total. The van der Waals surface area contributed by atoms with Crippen molar-refractivity contribution >= 4 is 34.4 Å². The molecule has 2 aromatic carbocycles. The Morgan fingerprint density at radius 2 is 1.74 bits per heavy atom. The topological polar surface area (TPSA) is 84.7 Å². The minimum Gasteiger partial charge on any atom is -0.367 e. The number of aryl methyl sites for hydroxylation is 1. The van der Waals surface area contributed by atoms with Gasteiger partial charge in [0.15, 0.2) is 5.65 Å². The normalized spacial score (nSPS) is 18.1. The number of carbonyl (C=O) groups excluding carboxylic acids is 1. The van der Waals surface area contributed by atoms with Gasteiger partial charge in [0.05, 0.1) is 27.9 Å². The summed E-state index contributed by atoms with van der Waals surface area (Å²) in [5.74, 6) is 0.925. The lowest BCUT2D eigenvalue weighted by molar-refractivity contribution is 0.0926. The Labute approximate surface area is 201 Å². The first kappa shape index (κ1) is 22.3. The monoisotopic (exact) mass is 478 g/mol. The van der Waals surface area contributed by atoms with Crippen molar-refractivity contribution in [2.24, 2.45) is 0 Å². The number of hydrogen-bond acceptors (Lipinski definition) is 5. The molecule has 0 aliphatic heterocycles. The fourth-order valence-corrected chi connectivity index (χ4v) is 4.60. The maximum absolute atomic E-state index is 13.3. The number of nitrogens with one attached hydrogen (secondary N) is 2. The second kappa shape index (κ2) is 9.38. The van der Waals surface area contributed by atoms with Crippen molar-refractivity contribution in [1.29, 1.82) is 0 Å². The highest BCUT2D eigenvalue weighted by molar-refractivity contribution is 6.33. The van der Waals surface area contributed by atoms with E-state index < -0.39 is 0 Å². The third-order valence-electron chi connectivity index (χ3n) is 6.13. The molecule has 0 unspecified atom stereocenters. The standard InChI is InChI=1S/C25H24ClFN6O/c1-15-29-23(21-14-28-33(24(21)30-15)19-12-6-16(27)7-13-19)31-17-8-10-18(11-9-17)32-25(34)20-4-2-3-5-22(20)26/h2-7,12-14,17-18H,8-11H2,1H3,(H,32,34)(H,29,30,31). The molecule has 0 spiro atoms. The molecule has 1 fully saturated rings. The molecular formula is C25H24ClFN6O. The Hall–Kier alpha value is -3.52. The summed E-state index contributed by atoms with van der Waals surface area (Å²) in [6, 6.07) is 13.6. The average molecular weight is 479 g/mol. The first-order chi connectivity index (χ1) is 16.5. The van der Waals surface area contributed by atoms with E-state index in [2.05, 4.69) is 25.7 Å². The summed E-state index contributed by atoms with van der Waals surface area (Å²) in [5, 5.41) is 12.4. The zero-order valence-corrected chi connectivity index (χ0v) is 19.4. The van der Waals surface area contributed by atoms with Crippen LogP contribution < -0.4 is 10.6 Å². The van der Waals surface area contributed by atoms with Crippen molar-refractivity contribution in [2.45, 2.75) is 44.7 Å². The van der Waals surface area contributed by atoms with E-state index in [-0.39, 0.29) is 23.8 Å². The van der Waals surface area contributed by atoms with E-state index in [9.17, 15) is 9.18 Å². The van der Waals surface area contributed by atoms with Gasteiger partial charge in [-0.1, -0.05) is 23.7 Å². The third kappa shape index (κ3) is 4.59. The minimum absolute atomic E-state index is 0.107. The van der Waals surface area contributed by atoms with Gasteiger partial charge in [0.1, 0.15) is 17.5 Å². The summed E-state index contributed by atoms with van der Waals surface area (Å²) in [6.45, 7) is 1.84. The SMILES string of the molecule is Cc1nc(NC2CCC(NC(=O)c3ccccc3Cl)CC2)c2cnn(-c3ccc(F)cc3)c2n1. The molecule has 1 amide bonds. The quantitative estimate of drug-likeness (QED) is 0.418. The molecule has 1 aliphatic carbocycles. The molecule has 1 saturated carbocycles. The molecule has 0 saturated heterocycles. The van der Waals surface area contributed by atoms with Crippen molar-refractivity contribution < 1.29 is 9.18 Å². The van der Waals surface area contributed by atoms with E-state index in [0.29, 0.717) is 22.1 Å². The molecular weight excluding hydrogens is 455 g/mol. The number of fused-ring (bicyclic) bond motifs is 1. The largest absolute Gasteiger partial charge is 0.367 e. The van der Waals surface area contributed by atoms with Crippen LogP contribution in [0.15, 0.2) is 54.7 Å². The van der Waals surface area contributed by atoms with Crippen molar-refractivity contribution in [3.05, 3.63) is 77.0 Å². The summed E-state index contributed by atoms with van der Waals surface area (Å²) in [5.41, 5.74) is 1.90. The Bertz CT molecular complexity index is 1330. The molecule has 2 aromatic heterocycles. The van der Waals surface area contributed by atoms with E-state index >= 15 is 0 Å². The number of aromatic nitrogens is 4. The highest BCUT2D eigenvalue weighted by Gasteiger charge is 2.24. The number of benzene rings is 2. The zero-order chi connectivity index (χ0) is 23.7. The van der Waals surface area contributed by atoms with E-state index in [1.165, 1.54) is 12.1 Å². The number of rotatable bonds is 5. The van der Waals surface area contributed by atoms with E-state index in [4.69, 9.17) is 11.6 Å². The van der Waals surface area contributed by atoms with Gasteiger partial charge in [-0.3, -0.25) is 4.79 Å². The van der Waals surface area contributed by atoms with Crippen LogP contribution in [-0.4, -0.2) is 37.7 Å². The lowest BCUT2D eigenvalue weighted by Crippen LogP contribution is -2.40. The first-order valence-corrected chi connectivity index (χ1v) is 11.7. The number of halogens is 2. The van der Waals surface area contributed by atoms with Crippen molar-refractivity contribution in [2.75, 3.05) is 5.32 Å². The van der Waals surface area contributed by atoms with Crippen LogP contribution in [0.2, 0.25) is 5.02 Å².